The lowest BCUT2D eigenvalue weighted by atomic mass is 9.98. The number of amides is 1. The molecule has 0 saturated carbocycles. The van der Waals surface area contributed by atoms with Crippen molar-refractivity contribution in [2.24, 2.45) is 0 Å². The highest BCUT2D eigenvalue weighted by molar-refractivity contribution is 9.10. The van der Waals surface area contributed by atoms with Crippen LogP contribution in [-0.2, 0) is 0 Å². The number of thiocarbonyl (C=S) groups is 1. The third-order valence-electron chi connectivity index (χ3n) is 5.70. The van der Waals surface area contributed by atoms with Crippen molar-refractivity contribution in [1.82, 2.24) is 10.3 Å². The lowest BCUT2D eigenvalue weighted by molar-refractivity contribution is 0.0977. The number of fused-ring (bicyclic) bond motifs is 1. The first-order valence-corrected chi connectivity index (χ1v) is 12.6. The Balaban J connectivity index is 1.40. The highest BCUT2D eigenvalue weighted by atomic mass is 79.9. The summed E-state index contributed by atoms with van der Waals surface area (Å²) in [6.45, 7) is 6.83. The Kier molecular flexibility index (Phi) is 7.83. The Morgan fingerprint density at radius 2 is 1.89 bits per heavy atom. The van der Waals surface area contributed by atoms with Crippen LogP contribution < -0.4 is 15.4 Å². The molecular weight excluding hydrogens is 526 g/mol. The van der Waals surface area contributed by atoms with Gasteiger partial charge in [0.15, 0.2) is 10.7 Å². The van der Waals surface area contributed by atoms with Gasteiger partial charge in [0.05, 0.1) is 11.1 Å². The molecule has 0 radical (unpaired) electrons. The molecule has 0 bridgehead atoms. The summed E-state index contributed by atoms with van der Waals surface area (Å²) in [7, 11) is 0. The lowest BCUT2D eigenvalue weighted by Crippen LogP contribution is -2.34. The molecule has 6 nitrogen and oxygen atoms in total. The number of anilines is 1. The molecule has 180 valence electrons. The number of benzene rings is 3. The van der Waals surface area contributed by atoms with Gasteiger partial charge in [0.2, 0.25) is 5.89 Å². The molecule has 0 fully saturated rings. The molecule has 35 heavy (non-hydrogen) atoms. The molecule has 8 heteroatoms. The summed E-state index contributed by atoms with van der Waals surface area (Å²) in [6.07, 6.45) is 1.07. The van der Waals surface area contributed by atoms with Crippen LogP contribution in [0.3, 0.4) is 0 Å². The molecule has 4 rings (SSSR count). The van der Waals surface area contributed by atoms with Crippen LogP contribution in [0.25, 0.3) is 22.6 Å². The molecule has 0 aliphatic heterocycles. The molecule has 0 saturated heterocycles. The summed E-state index contributed by atoms with van der Waals surface area (Å²) in [6, 6.07) is 18.8. The maximum absolute atomic E-state index is 12.6. The monoisotopic (exact) mass is 551 g/mol. The summed E-state index contributed by atoms with van der Waals surface area (Å²) >= 11 is 8.74. The van der Waals surface area contributed by atoms with Crippen molar-refractivity contribution in [3.05, 3.63) is 76.3 Å². The molecule has 4 aromatic rings. The fraction of sp³-hybridized carbons (Fsp3) is 0.222. The number of oxazole rings is 1. The van der Waals surface area contributed by atoms with E-state index in [-0.39, 0.29) is 11.0 Å². The van der Waals surface area contributed by atoms with Gasteiger partial charge in [0.1, 0.15) is 11.3 Å². The Morgan fingerprint density at radius 1 is 1.11 bits per heavy atom. The minimum Gasteiger partial charge on any atom is -0.493 e. The van der Waals surface area contributed by atoms with E-state index >= 15 is 0 Å². The predicted octanol–water partition coefficient (Wildman–Crippen LogP) is 7.30. The van der Waals surface area contributed by atoms with E-state index in [2.05, 4.69) is 57.5 Å². The molecule has 1 unspecified atom stereocenters. The number of ether oxygens (including phenoxy) is 1. The zero-order chi connectivity index (χ0) is 24.9. The number of carbonyl (C=O) groups is 1. The molecule has 0 spiro atoms. The standard InChI is InChI=1S/C27H26BrN3O3S/c1-4-16(3)18-8-13-24-22(15-18)30-26(34-24)17-6-10-20(11-7-17)29-27(35)31-25(32)19-9-12-23(33-5-2)21(28)14-19/h6-16H,4-5H2,1-3H3,(H2,29,31,32,35). The molecule has 0 aliphatic rings. The first-order chi connectivity index (χ1) is 16.9. The van der Waals surface area contributed by atoms with Gasteiger partial charge in [0.25, 0.3) is 5.91 Å². The van der Waals surface area contributed by atoms with E-state index < -0.39 is 0 Å². The molecule has 1 amide bonds. The second kappa shape index (κ2) is 11.0. The van der Waals surface area contributed by atoms with E-state index in [1.165, 1.54) is 5.56 Å². The first kappa shape index (κ1) is 24.9. The second-order valence-electron chi connectivity index (χ2n) is 8.12. The number of nitrogens with one attached hydrogen (secondary N) is 2. The molecule has 3 aromatic carbocycles. The van der Waals surface area contributed by atoms with Gasteiger partial charge in [-0.1, -0.05) is 19.9 Å². The molecule has 1 atom stereocenters. The van der Waals surface area contributed by atoms with Crippen LogP contribution in [0.2, 0.25) is 0 Å². The van der Waals surface area contributed by atoms with Crippen LogP contribution in [0.4, 0.5) is 5.69 Å². The molecule has 1 aromatic heterocycles. The van der Waals surface area contributed by atoms with Crippen molar-refractivity contribution in [1.29, 1.82) is 0 Å². The van der Waals surface area contributed by atoms with E-state index in [0.717, 1.165) is 28.8 Å². The average molecular weight is 552 g/mol. The fourth-order valence-corrected chi connectivity index (χ4v) is 4.26. The summed E-state index contributed by atoms with van der Waals surface area (Å²) in [4.78, 5) is 17.2. The van der Waals surface area contributed by atoms with Gasteiger partial charge in [-0.05, 0) is 108 Å². The van der Waals surface area contributed by atoms with Crippen molar-refractivity contribution in [3.8, 4) is 17.2 Å². The maximum atomic E-state index is 12.6. The fourth-order valence-electron chi connectivity index (χ4n) is 3.56. The highest BCUT2D eigenvalue weighted by Crippen LogP contribution is 2.29. The number of nitrogens with zero attached hydrogens (tertiary/aromatic N) is 1. The zero-order valence-electron chi connectivity index (χ0n) is 19.7. The molecule has 2 N–H and O–H groups in total. The number of rotatable bonds is 7. The van der Waals surface area contributed by atoms with Gasteiger partial charge < -0.3 is 14.5 Å². The normalized spacial score (nSPS) is 11.8. The quantitative estimate of drug-likeness (QED) is 0.235. The summed E-state index contributed by atoms with van der Waals surface area (Å²) in [5, 5.41) is 5.93. The van der Waals surface area contributed by atoms with Crippen molar-refractivity contribution in [2.45, 2.75) is 33.1 Å². The van der Waals surface area contributed by atoms with Crippen molar-refractivity contribution in [3.63, 3.8) is 0 Å². The topological polar surface area (TPSA) is 76.4 Å². The number of aromatic nitrogens is 1. The van der Waals surface area contributed by atoms with Crippen LogP contribution >= 0.6 is 28.1 Å². The Labute approximate surface area is 218 Å². The van der Waals surface area contributed by atoms with Crippen LogP contribution in [0, 0.1) is 0 Å². The summed E-state index contributed by atoms with van der Waals surface area (Å²) in [5.74, 6) is 1.40. The molecular formula is C27H26BrN3O3S. The predicted molar refractivity (Wildman–Crippen MR) is 147 cm³/mol. The van der Waals surface area contributed by atoms with Crippen LogP contribution in [-0.4, -0.2) is 22.6 Å². The lowest BCUT2D eigenvalue weighted by Gasteiger charge is -2.11. The third-order valence-corrected chi connectivity index (χ3v) is 6.53. The highest BCUT2D eigenvalue weighted by Gasteiger charge is 2.13. The van der Waals surface area contributed by atoms with Gasteiger partial charge in [-0.2, -0.15) is 0 Å². The SMILES string of the molecule is CCOc1ccc(C(=O)NC(=S)Nc2ccc(-c3nc4cc(C(C)CC)ccc4o3)cc2)cc1Br. The van der Waals surface area contributed by atoms with E-state index in [9.17, 15) is 4.79 Å². The Morgan fingerprint density at radius 3 is 2.57 bits per heavy atom. The van der Waals surface area contributed by atoms with Gasteiger partial charge in [0, 0.05) is 16.8 Å². The van der Waals surface area contributed by atoms with Gasteiger partial charge in [-0.15, -0.1) is 0 Å². The average Bonchev–Trinajstić information content (AvgIpc) is 3.28. The van der Waals surface area contributed by atoms with E-state index in [1.807, 2.05) is 37.3 Å². The van der Waals surface area contributed by atoms with E-state index in [4.69, 9.17) is 21.4 Å². The minimum atomic E-state index is -0.314. The first-order valence-electron chi connectivity index (χ1n) is 11.4. The number of halogens is 1. The van der Waals surface area contributed by atoms with Crippen LogP contribution in [0.5, 0.6) is 5.75 Å². The Bertz CT molecular complexity index is 1370. The Hall–Kier alpha value is -3.23. The number of hydrogen-bond donors (Lipinski definition) is 2. The second-order valence-corrected chi connectivity index (χ2v) is 9.38. The van der Waals surface area contributed by atoms with Crippen molar-refractivity contribution >= 4 is 56.0 Å². The van der Waals surface area contributed by atoms with Crippen molar-refractivity contribution in [2.75, 3.05) is 11.9 Å². The summed E-state index contributed by atoms with van der Waals surface area (Å²) < 4.78 is 12.1. The van der Waals surface area contributed by atoms with Gasteiger partial charge in [-0.3, -0.25) is 10.1 Å². The van der Waals surface area contributed by atoms with Crippen LogP contribution in [0.1, 0.15) is 49.0 Å². The zero-order valence-corrected chi connectivity index (χ0v) is 22.1. The van der Waals surface area contributed by atoms with Crippen LogP contribution in [0.15, 0.2) is 69.6 Å². The number of carbonyl (C=O) groups excluding carboxylic acids is 1. The summed E-state index contributed by atoms with van der Waals surface area (Å²) in [5.41, 5.74) is 4.93. The maximum Gasteiger partial charge on any atom is 0.257 e. The molecule has 0 aliphatic carbocycles. The third kappa shape index (κ3) is 5.89. The molecule has 1 heterocycles. The minimum absolute atomic E-state index is 0.201. The van der Waals surface area contributed by atoms with Gasteiger partial charge >= 0.3 is 0 Å². The smallest absolute Gasteiger partial charge is 0.257 e. The number of hydrogen-bond acceptors (Lipinski definition) is 5. The van der Waals surface area contributed by atoms with E-state index in [0.29, 0.717) is 34.2 Å². The van der Waals surface area contributed by atoms with E-state index in [1.54, 1.807) is 18.2 Å². The van der Waals surface area contributed by atoms with Gasteiger partial charge in [-0.25, -0.2) is 4.98 Å². The van der Waals surface area contributed by atoms with Crippen molar-refractivity contribution < 1.29 is 13.9 Å². The largest absolute Gasteiger partial charge is 0.493 e.